The van der Waals surface area contributed by atoms with Crippen LogP contribution in [0.25, 0.3) is 0 Å². The molecule has 1 aromatic rings. The van der Waals surface area contributed by atoms with Crippen LogP contribution in [-0.4, -0.2) is 48.7 Å². The summed E-state index contributed by atoms with van der Waals surface area (Å²) in [5.74, 6) is -0.398. The number of likely N-dealkylation sites (N-methyl/N-ethyl adjacent to an activating group) is 1. The topological polar surface area (TPSA) is 71.0 Å². The second-order valence-corrected chi connectivity index (χ2v) is 5.70. The molecule has 1 heterocycles. The molecule has 0 saturated heterocycles. The zero-order chi connectivity index (χ0) is 16.8. The highest BCUT2D eigenvalue weighted by Crippen LogP contribution is 2.20. The van der Waals surface area contributed by atoms with Crippen LogP contribution in [0.1, 0.15) is 30.9 Å². The average Bonchev–Trinajstić information content (AvgIpc) is 3.02. The molecule has 0 radical (unpaired) electrons. The van der Waals surface area contributed by atoms with Gasteiger partial charge in [-0.1, -0.05) is 36.3 Å². The van der Waals surface area contributed by atoms with Crippen LogP contribution in [0, 0.1) is 6.92 Å². The Morgan fingerprint density at radius 1 is 1.39 bits per heavy atom. The molecular formula is C17H23N3O3. The van der Waals surface area contributed by atoms with Gasteiger partial charge in [0.25, 0.3) is 5.91 Å². The third-order valence-electron chi connectivity index (χ3n) is 3.73. The summed E-state index contributed by atoms with van der Waals surface area (Å²) in [4.78, 5) is 30.7. The third kappa shape index (κ3) is 4.31. The van der Waals surface area contributed by atoms with Crippen LogP contribution in [-0.2, 0) is 14.4 Å². The molecule has 1 aliphatic rings. The monoisotopic (exact) mass is 317 g/mol. The molecule has 124 valence electrons. The Bertz CT molecular complexity index is 613. The second-order valence-electron chi connectivity index (χ2n) is 5.70. The number of carbonyl (C=O) groups excluding carboxylic acids is 2. The minimum atomic E-state index is -0.659. The van der Waals surface area contributed by atoms with Crippen molar-refractivity contribution in [1.82, 2.24) is 10.2 Å². The number of aryl methyl sites for hydroxylation is 1. The fourth-order valence-corrected chi connectivity index (χ4v) is 2.43. The molecule has 0 fully saturated rings. The third-order valence-corrected chi connectivity index (χ3v) is 3.73. The van der Waals surface area contributed by atoms with Crippen LogP contribution in [0.3, 0.4) is 0 Å². The lowest BCUT2D eigenvalue weighted by atomic mass is 10.00. The molecule has 0 aliphatic carbocycles. The summed E-state index contributed by atoms with van der Waals surface area (Å²) >= 11 is 0. The van der Waals surface area contributed by atoms with Crippen molar-refractivity contribution in [3.63, 3.8) is 0 Å². The van der Waals surface area contributed by atoms with Crippen molar-refractivity contribution in [2.24, 2.45) is 5.16 Å². The number of hydrogen-bond donors (Lipinski definition) is 1. The predicted molar refractivity (Wildman–Crippen MR) is 88.1 cm³/mol. The Labute approximate surface area is 136 Å². The van der Waals surface area contributed by atoms with E-state index in [9.17, 15) is 9.59 Å². The van der Waals surface area contributed by atoms with Gasteiger partial charge in [0.15, 0.2) is 0 Å². The number of hydrogen-bond acceptors (Lipinski definition) is 4. The predicted octanol–water partition coefficient (Wildman–Crippen LogP) is 1.47. The van der Waals surface area contributed by atoms with E-state index < -0.39 is 6.10 Å². The van der Waals surface area contributed by atoms with E-state index in [1.165, 1.54) is 4.90 Å². The van der Waals surface area contributed by atoms with Gasteiger partial charge in [-0.3, -0.25) is 9.59 Å². The Morgan fingerprint density at radius 3 is 2.83 bits per heavy atom. The van der Waals surface area contributed by atoms with Gasteiger partial charge in [0.1, 0.15) is 0 Å². The van der Waals surface area contributed by atoms with E-state index in [-0.39, 0.29) is 18.4 Å². The normalized spacial score (nSPS) is 16.5. The number of oxime groups is 1. The largest absolute Gasteiger partial charge is 0.382 e. The average molecular weight is 317 g/mol. The van der Waals surface area contributed by atoms with Crippen molar-refractivity contribution in [2.75, 3.05) is 20.1 Å². The van der Waals surface area contributed by atoms with E-state index >= 15 is 0 Å². The molecule has 0 spiro atoms. The van der Waals surface area contributed by atoms with Gasteiger partial charge in [-0.25, -0.2) is 0 Å². The summed E-state index contributed by atoms with van der Waals surface area (Å²) < 4.78 is 0. The molecule has 0 unspecified atom stereocenters. The molecule has 1 N–H and O–H groups in total. The van der Waals surface area contributed by atoms with E-state index in [4.69, 9.17) is 4.84 Å². The number of carbonyl (C=O) groups is 2. The van der Waals surface area contributed by atoms with E-state index in [1.807, 2.05) is 38.1 Å². The van der Waals surface area contributed by atoms with Crippen LogP contribution in [0.2, 0.25) is 0 Å². The summed E-state index contributed by atoms with van der Waals surface area (Å²) in [6, 6.07) is 7.86. The number of nitrogens with one attached hydrogen (secondary N) is 1. The lowest BCUT2D eigenvalue weighted by molar-refractivity contribution is -0.143. The summed E-state index contributed by atoms with van der Waals surface area (Å²) in [5, 5.41) is 6.80. The molecule has 2 amide bonds. The van der Waals surface area contributed by atoms with Gasteiger partial charge in [-0.05, 0) is 18.9 Å². The number of amides is 2. The highest BCUT2D eigenvalue weighted by Gasteiger charge is 2.32. The van der Waals surface area contributed by atoms with Crippen molar-refractivity contribution >= 4 is 17.5 Å². The maximum atomic E-state index is 12.4. The Kier molecular flexibility index (Phi) is 5.73. The van der Waals surface area contributed by atoms with Gasteiger partial charge >= 0.3 is 0 Å². The van der Waals surface area contributed by atoms with Crippen LogP contribution in [0.5, 0.6) is 0 Å². The first-order valence-electron chi connectivity index (χ1n) is 7.83. The van der Waals surface area contributed by atoms with Gasteiger partial charge in [0, 0.05) is 25.6 Å². The zero-order valence-corrected chi connectivity index (χ0v) is 13.8. The molecule has 0 bridgehead atoms. The minimum absolute atomic E-state index is 0.0262. The standard InChI is InChI=1S/C17H23N3O3/c1-4-9-18-16(21)11-20(3)17(22)15-10-14(19-23-15)13-8-6-5-7-12(13)2/h5-8,15H,4,9-11H2,1-3H3,(H,18,21)/t15-/m0/s1. The van der Waals surface area contributed by atoms with Gasteiger partial charge < -0.3 is 15.1 Å². The second kappa shape index (κ2) is 7.76. The fraction of sp³-hybridized carbons (Fsp3) is 0.471. The lowest BCUT2D eigenvalue weighted by Gasteiger charge is -2.19. The summed E-state index contributed by atoms with van der Waals surface area (Å²) in [6.07, 6.45) is 0.626. The van der Waals surface area contributed by atoms with Gasteiger partial charge in [-0.2, -0.15) is 0 Å². The van der Waals surface area contributed by atoms with E-state index in [1.54, 1.807) is 7.05 Å². The van der Waals surface area contributed by atoms with Crippen molar-refractivity contribution < 1.29 is 14.4 Å². The van der Waals surface area contributed by atoms with Gasteiger partial charge in [0.2, 0.25) is 12.0 Å². The Morgan fingerprint density at radius 2 is 2.13 bits per heavy atom. The van der Waals surface area contributed by atoms with Gasteiger partial charge in [-0.15, -0.1) is 0 Å². The van der Waals surface area contributed by atoms with Crippen molar-refractivity contribution in [3.05, 3.63) is 35.4 Å². The van der Waals surface area contributed by atoms with Crippen molar-refractivity contribution in [3.8, 4) is 0 Å². The molecule has 23 heavy (non-hydrogen) atoms. The minimum Gasteiger partial charge on any atom is -0.382 e. The smallest absolute Gasteiger partial charge is 0.267 e. The number of nitrogens with zero attached hydrogens (tertiary/aromatic N) is 2. The zero-order valence-electron chi connectivity index (χ0n) is 13.8. The first-order valence-corrected chi connectivity index (χ1v) is 7.83. The van der Waals surface area contributed by atoms with E-state index in [2.05, 4.69) is 10.5 Å². The SMILES string of the molecule is CCCNC(=O)CN(C)C(=O)[C@@H]1CC(c2ccccc2C)=NO1. The fourth-order valence-electron chi connectivity index (χ4n) is 2.43. The maximum Gasteiger partial charge on any atom is 0.267 e. The first-order chi connectivity index (χ1) is 11.0. The van der Waals surface area contributed by atoms with Crippen LogP contribution in [0.15, 0.2) is 29.4 Å². The molecule has 6 heteroatoms. The first kappa shape index (κ1) is 17.0. The highest BCUT2D eigenvalue weighted by atomic mass is 16.6. The number of benzene rings is 1. The quantitative estimate of drug-likeness (QED) is 0.864. The van der Waals surface area contributed by atoms with Gasteiger partial charge in [0.05, 0.1) is 12.3 Å². The highest BCUT2D eigenvalue weighted by molar-refractivity contribution is 6.05. The van der Waals surface area contributed by atoms with Crippen LogP contribution in [0.4, 0.5) is 0 Å². The molecule has 2 rings (SSSR count). The molecule has 0 aromatic heterocycles. The molecule has 6 nitrogen and oxygen atoms in total. The van der Waals surface area contributed by atoms with E-state index in [0.717, 1.165) is 23.3 Å². The lowest BCUT2D eigenvalue weighted by Crippen LogP contribution is -2.43. The molecule has 1 atom stereocenters. The molecule has 0 saturated carbocycles. The summed E-state index contributed by atoms with van der Waals surface area (Å²) in [7, 11) is 1.60. The summed E-state index contributed by atoms with van der Waals surface area (Å²) in [6.45, 7) is 4.61. The van der Waals surface area contributed by atoms with Crippen molar-refractivity contribution in [1.29, 1.82) is 0 Å². The van der Waals surface area contributed by atoms with E-state index in [0.29, 0.717) is 13.0 Å². The number of rotatable bonds is 6. The van der Waals surface area contributed by atoms with Crippen molar-refractivity contribution in [2.45, 2.75) is 32.8 Å². The molecule has 1 aliphatic heterocycles. The molecule has 1 aromatic carbocycles. The van der Waals surface area contributed by atoms with Crippen LogP contribution >= 0.6 is 0 Å². The molecular weight excluding hydrogens is 294 g/mol. The Balaban J connectivity index is 1.91. The Hall–Kier alpha value is -2.37. The van der Waals surface area contributed by atoms with Crippen LogP contribution < -0.4 is 5.32 Å². The summed E-state index contributed by atoms with van der Waals surface area (Å²) in [5.41, 5.74) is 2.85. The maximum absolute atomic E-state index is 12.4.